The van der Waals surface area contributed by atoms with Gasteiger partial charge in [0.05, 0.1) is 25.7 Å². The number of rotatable bonds is 18. The van der Waals surface area contributed by atoms with Crippen molar-refractivity contribution in [2.24, 2.45) is 23.1 Å². The van der Waals surface area contributed by atoms with E-state index in [2.05, 4.69) is 37.2 Å². The summed E-state index contributed by atoms with van der Waals surface area (Å²) in [6.45, 7) is 6.72. The maximum absolute atomic E-state index is 14.4. The van der Waals surface area contributed by atoms with E-state index < -0.39 is 126 Å². The molecule has 0 spiro atoms. The van der Waals surface area contributed by atoms with Crippen LogP contribution in [0.4, 0.5) is 0 Å². The van der Waals surface area contributed by atoms with Crippen LogP contribution in [0.5, 0.6) is 5.75 Å². The first-order valence-corrected chi connectivity index (χ1v) is 25.1. The van der Waals surface area contributed by atoms with Crippen molar-refractivity contribution in [2.45, 2.75) is 127 Å². The fourth-order valence-corrected chi connectivity index (χ4v) is 9.44. The van der Waals surface area contributed by atoms with Gasteiger partial charge in [-0.25, -0.2) is 0 Å². The molecule has 9 atom stereocenters. The molecule has 386 valence electrons. The fourth-order valence-electron chi connectivity index (χ4n) is 7.29. The Labute approximate surface area is 415 Å². The summed E-state index contributed by atoms with van der Waals surface area (Å²) in [6.07, 6.45) is -1.05. The molecule has 2 aliphatic heterocycles. The van der Waals surface area contributed by atoms with Crippen LogP contribution in [-0.2, 0) is 54.4 Å². The second kappa shape index (κ2) is 30.3. The van der Waals surface area contributed by atoms with Gasteiger partial charge < -0.3 is 69.2 Å². The predicted molar refractivity (Wildman–Crippen MR) is 260 cm³/mol. The normalized spacial score (nSPS) is 23.4. The second-order valence-electron chi connectivity index (χ2n) is 16.5. The van der Waals surface area contributed by atoms with Crippen molar-refractivity contribution in [2.75, 3.05) is 37.7 Å². The number of nitrogens with one attached hydrogen (secondary N) is 7. The first-order valence-electron chi connectivity index (χ1n) is 22.6. The highest BCUT2D eigenvalue weighted by Crippen LogP contribution is 2.26. The van der Waals surface area contributed by atoms with Crippen LogP contribution in [0.25, 0.3) is 0 Å². The topological polar surface area (TPSA) is 366 Å². The highest BCUT2D eigenvalue weighted by atomic mass is 35.5. The standard InChI is InChI=1S/C43H67N11O12S2.ClH/c1-5-23(3)35-41(63)53-36(24(4)55)42(64)50-29(20-32(45)56)38(60)51-30(43(65)54-17-8-10-31(54)40(62)49-27(9-7-16-44)37(59)47-21-33(46)57)22-68-67-18-15-34(58)48-28(39(61)52-35)19-25-11-13-26(14-12-25)66-6-2;/h11-14,23-24,27-31,35-36,55H,5-10,15-22,44H2,1-4H3,(H2,45,56)(H2,46,57)(H,47,59)(H,48,58)(H,49,62)(H,50,64)(H,51,60)(H,52,61)(H,53,63);1H/t23-,24+,27+,28+,29-,30-,31-,35-,36-;/m0./s1. The zero-order valence-electron chi connectivity index (χ0n) is 39.2. The summed E-state index contributed by atoms with van der Waals surface area (Å²) in [4.78, 5) is 135. The Kier molecular flexibility index (Phi) is 26.2. The Morgan fingerprint density at radius 1 is 0.870 bits per heavy atom. The van der Waals surface area contributed by atoms with Crippen molar-refractivity contribution in [1.82, 2.24) is 42.1 Å². The Hall–Kier alpha value is -5.37. The van der Waals surface area contributed by atoms with Gasteiger partial charge in [-0.15, -0.1) is 12.4 Å². The Balaban J connectivity index is 0.0000163. The number of hydrogen-bond acceptors (Lipinski definition) is 15. The molecular weight excluding hydrogens is 962 g/mol. The number of benzene rings is 1. The number of nitrogens with zero attached hydrogens (tertiary/aromatic N) is 1. The van der Waals surface area contributed by atoms with E-state index in [9.17, 15) is 53.1 Å². The fraction of sp³-hybridized carbons (Fsp3) is 0.628. The molecule has 0 aromatic heterocycles. The number of likely N-dealkylation sites (tertiary alicyclic amines) is 1. The molecule has 0 bridgehead atoms. The molecule has 10 amide bonds. The van der Waals surface area contributed by atoms with Gasteiger partial charge in [-0.2, -0.15) is 0 Å². The van der Waals surface area contributed by atoms with Crippen molar-refractivity contribution >= 4 is 93.1 Å². The average molecular weight is 1030 g/mol. The Morgan fingerprint density at radius 3 is 2.13 bits per heavy atom. The third-order valence-electron chi connectivity index (χ3n) is 11.2. The van der Waals surface area contributed by atoms with Gasteiger partial charge in [0.2, 0.25) is 59.1 Å². The maximum Gasteiger partial charge on any atom is 0.246 e. The van der Waals surface area contributed by atoms with Crippen molar-refractivity contribution < 1.29 is 57.8 Å². The monoisotopic (exact) mass is 1030 g/mol. The second-order valence-corrected chi connectivity index (χ2v) is 19.1. The number of aliphatic hydroxyl groups is 1. The minimum absolute atomic E-state index is 0. The predicted octanol–water partition coefficient (Wildman–Crippen LogP) is -2.62. The lowest BCUT2D eigenvalue weighted by atomic mass is 9.96. The molecule has 2 fully saturated rings. The zero-order valence-corrected chi connectivity index (χ0v) is 41.7. The molecule has 2 saturated heterocycles. The summed E-state index contributed by atoms with van der Waals surface area (Å²) < 4.78 is 5.53. The molecule has 0 unspecified atom stereocenters. The average Bonchev–Trinajstić information content (AvgIpc) is 3.79. The number of amides is 10. The first kappa shape index (κ1) is 59.8. The lowest BCUT2D eigenvalue weighted by Gasteiger charge is -2.31. The lowest BCUT2D eigenvalue weighted by molar-refractivity contribution is -0.142. The van der Waals surface area contributed by atoms with E-state index >= 15 is 0 Å². The summed E-state index contributed by atoms with van der Waals surface area (Å²) in [7, 11) is 2.27. The molecule has 14 N–H and O–H groups in total. The third kappa shape index (κ3) is 19.5. The Bertz CT molecular complexity index is 1950. The van der Waals surface area contributed by atoms with Gasteiger partial charge in [0, 0.05) is 30.9 Å². The lowest BCUT2D eigenvalue weighted by Crippen LogP contribution is -2.63. The molecule has 0 aliphatic carbocycles. The quantitative estimate of drug-likeness (QED) is 0.0671. The van der Waals surface area contributed by atoms with Crippen molar-refractivity contribution in [3.63, 3.8) is 0 Å². The van der Waals surface area contributed by atoms with Gasteiger partial charge in [0.25, 0.3) is 0 Å². The van der Waals surface area contributed by atoms with E-state index in [0.29, 0.717) is 37.2 Å². The number of aliphatic hydroxyl groups excluding tert-OH is 1. The number of halogens is 1. The third-order valence-corrected chi connectivity index (χ3v) is 13.6. The van der Waals surface area contributed by atoms with Gasteiger partial charge in [0.1, 0.15) is 48.0 Å². The molecule has 1 aromatic rings. The zero-order chi connectivity index (χ0) is 50.5. The molecule has 0 saturated carbocycles. The minimum atomic E-state index is -1.74. The highest BCUT2D eigenvalue weighted by molar-refractivity contribution is 8.76. The first-order chi connectivity index (χ1) is 32.3. The van der Waals surface area contributed by atoms with Gasteiger partial charge >= 0.3 is 0 Å². The van der Waals surface area contributed by atoms with Crippen LogP contribution in [0.3, 0.4) is 0 Å². The maximum atomic E-state index is 14.4. The summed E-state index contributed by atoms with van der Waals surface area (Å²) >= 11 is 0. The number of carbonyl (C=O) groups excluding carboxylic acids is 10. The largest absolute Gasteiger partial charge is 0.494 e. The SMILES string of the molecule is CCOc1ccc(C[C@H]2NC(=O)CCSSC[C@@H](C(=O)N3CCC[C@H]3C(=O)N[C@H](CCCN)C(=O)NCC(N)=O)NC(=O)[C@H](CC(N)=O)NC(=O)[C@H]([C@@H](C)O)NC(=O)[C@H]([C@@H](C)CC)NC2=O)cc1.Cl. The van der Waals surface area contributed by atoms with E-state index in [1.165, 1.54) is 22.6 Å². The number of carbonyl (C=O) groups is 10. The summed E-state index contributed by atoms with van der Waals surface area (Å²) in [5.41, 5.74) is 17.0. The van der Waals surface area contributed by atoms with Crippen LogP contribution in [-0.4, -0.2) is 155 Å². The van der Waals surface area contributed by atoms with Crippen LogP contribution in [0.1, 0.15) is 78.2 Å². The van der Waals surface area contributed by atoms with Crippen molar-refractivity contribution in [3.8, 4) is 5.75 Å². The molecular formula is C43H68ClN11O12S2. The molecule has 2 aliphatic rings. The van der Waals surface area contributed by atoms with Gasteiger partial charge in [-0.1, -0.05) is 54.0 Å². The highest BCUT2D eigenvalue weighted by Gasteiger charge is 2.41. The van der Waals surface area contributed by atoms with Crippen molar-refractivity contribution in [1.29, 1.82) is 0 Å². The van der Waals surface area contributed by atoms with E-state index in [0.717, 1.165) is 10.8 Å². The molecule has 23 nitrogen and oxygen atoms in total. The minimum Gasteiger partial charge on any atom is -0.494 e. The van der Waals surface area contributed by atoms with Crippen LogP contribution >= 0.6 is 34.0 Å². The summed E-state index contributed by atoms with van der Waals surface area (Å²) in [6, 6.07) is -2.62. The molecule has 2 heterocycles. The number of primary amides is 2. The molecule has 1 aromatic carbocycles. The van der Waals surface area contributed by atoms with Crippen LogP contribution in [0.15, 0.2) is 24.3 Å². The van der Waals surface area contributed by atoms with E-state index in [4.69, 9.17) is 21.9 Å². The number of ether oxygens (including phenoxy) is 1. The van der Waals surface area contributed by atoms with Crippen molar-refractivity contribution in [3.05, 3.63) is 29.8 Å². The molecule has 3 rings (SSSR count). The van der Waals surface area contributed by atoms with Gasteiger partial charge in [-0.05, 0) is 69.7 Å². The van der Waals surface area contributed by atoms with Gasteiger partial charge in [-0.3, -0.25) is 47.9 Å². The van der Waals surface area contributed by atoms with Gasteiger partial charge in [0.15, 0.2) is 0 Å². The number of hydrogen-bond donors (Lipinski definition) is 11. The smallest absolute Gasteiger partial charge is 0.246 e. The van der Waals surface area contributed by atoms with Crippen LogP contribution in [0, 0.1) is 5.92 Å². The van der Waals surface area contributed by atoms with E-state index in [1.807, 2.05) is 6.92 Å². The molecule has 26 heteroatoms. The summed E-state index contributed by atoms with van der Waals surface area (Å²) in [5, 5.41) is 28.7. The van der Waals surface area contributed by atoms with E-state index in [1.54, 1.807) is 38.1 Å². The number of nitrogens with two attached hydrogens (primary N) is 3. The van der Waals surface area contributed by atoms with Crippen LogP contribution < -0.4 is 59.2 Å². The molecule has 0 radical (unpaired) electrons. The van der Waals surface area contributed by atoms with Crippen LogP contribution in [0.2, 0.25) is 0 Å². The molecule has 69 heavy (non-hydrogen) atoms. The summed E-state index contributed by atoms with van der Waals surface area (Å²) in [5.74, 6) is -8.07. The van der Waals surface area contributed by atoms with E-state index in [-0.39, 0.29) is 62.7 Å². The Morgan fingerprint density at radius 2 is 1.52 bits per heavy atom.